The van der Waals surface area contributed by atoms with Crippen molar-refractivity contribution in [1.29, 1.82) is 0 Å². The van der Waals surface area contributed by atoms with Crippen molar-refractivity contribution in [3.63, 3.8) is 0 Å². The number of rotatable bonds is 6. The minimum atomic E-state index is -1.39. The standard InChI is InChI=1S/C16H12F2N2O5/c17-10-3-6-12(13(18)8-10)15(21)19-14(16(22)23)7-9-1-4-11(5-2-9)20(24)25/h1-6,8,14H,7H2,(H,19,21)(H,22,23)/t14-/m0/s1. The van der Waals surface area contributed by atoms with Crippen molar-refractivity contribution in [2.45, 2.75) is 12.5 Å². The Morgan fingerprint density at radius 3 is 2.32 bits per heavy atom. The van der Waals surface area contributed by atoms with Crippen molar-refractivity contribution < 1.29 is 28.4 Å². The van der Waals surface area contributed by atoms with E-state index in [4.69, 9.17) is 0 Å². The molecule has 0 heterocycles. The minimum absolute atomic E-state index is 0.159. The van der Waals surface area contributed by atoms with Gasteiger partial charge in [0.1, 0.15) is 17.7 Å². The second-order valence-corrected chi connectivity index (χ2v) is 5.12. The monoisotopic (exact) mass is 350 g/mol. The molecule has 0 fully saturated rings. The number of carbonyl (C=O) groups is 2. The van der Waals surface area contributed by atoms with Crippen LogP contribution in [-0.4, -0.2) is 27.9 Å². The molecule has 2 rings (SSSR count). The number of nitrogens with one attached hydrogen (secondary N) is 1. The molecule has 0 saturated heterocycles. The average Bonchev–Trinajstić information content (AvgIpc) is 2.54. The van der Waals surface area contributed by atoms with Crippen molar-refractivity contribution in [1.82, 2.24) is 5.32 Å². The van der Waals surface area contributed by atoms with Gasteiger partial charge in [-0.25, -0.2) is 13.6 Å². The van der Waals surface area contributed by atoms with Gasteiger partial charge in [-0.2, -0.15) is 0 Å². The number of nitrogens with zero attached hydrogens (tertiary/aromatic N) is 1. The summed E-state index contributed by atoms with van der Waals surface area (Å²) in [6, 6.07) is 6.04. The minimum Gasteiger partial charge on any atom is -0.480 e. The van der Waals surface area contributed by atoms with E-state index in [1.165, 1.54) is 24.3 Å². The summed E-state index contributed by atoms with van der Waals surface area (Å²) in [5, 5.41) is 21.9. The van der Waals surface area contributed by atoms with Gasteiger partial charge in [0.25, 0.3) is 11.6 Å². The maximum Gasteiger partial charge on any atom is 0.326 e. The van der Waals surface area contributed by atoms with Crippen molar-refractivity contribution in [3.05, 3.63) is 75.3 Å². The molecule has 0 saturated carbocycles. The number of carboxylic acids is 1. The molecule has 7 nitrogen and oxygen atoms in total. The lowest BCUT2D eigenvalue weighted by atomic mass is 10.0. The molecule has 2 N–H and O–H groups in total. The van der Waals surface area contributed by atoms with Crippen molar-refractivity contribution in [3.8, 4) is 0 Å². The molecule has 25 heavy (non-hydrogen) atoms. The Morgan fingerprint density at radius 1 is 1.16 bits per heavy atom. The molecule has 130 valence electrons. The van der Waals surface area contributed by atoms with Gasteiger partial charge in [-0.1, -0.05) is 12.1 Å². The molecule has 2 aromatic rings. The maximum absolute atomic E-state index is 13.6. The van der Waals surface area contributed by atoms with E-state index in [0.29, 0.717) is 11.6 Å². The summed E-state index contributed by atoms with van der Waals surface area (Å²) in [4.78, 5) is 33.3. The largest absolute Gasteiger partial charge is 0.480 e. The van der Waals surface area contributed by atoms with E-state index >= 15 is 0 Å². The molecule has 1 atom stereocenters. The normalized spacial score (nSPS) is 11.6. The Hall–Kier alpha value is -3.36. The number of non-ortho nitro benzene ring substituents is 1. The highest BCUT2D eigenvalue weighted by atomic mass is 19.1. The molecule has 0 spiro atoms. The summed E-state index contributed by atoms with van der Waals surface area (Å²) in [5.41, 5.74) is -0.220. The third kappa shape index (κ3) is 4.56. The summed E-state index contributed by atoms with van der Waals surface area (Å²) in [6.45, 7) is 0. The number of nitro groups is 1. The van der Waals surface area contributed by atoms with Gasteiger partial charge in [0.15, 0.2) is 0 Å². The molecule has 2 aromatic carbocycles. The van der Waals surface area contributed by atoms with Crippen LogP contribution in [0.4, 0.5) is 14.5 Å². The molecule has 0 unspecified atom stereocenters. The van der Waals surface area contributed by atoms with Gasteiger partial charge in [0.2, 0.25) is 0 Å². The summed E-state index contributed by atoms with van der Waals surface area (Å²) >= 11 is 0. The quantitative estimate of drug-likeness (QED) is 0.614. The van der Waals surface area contributed by atoms with Crippen LogP contribution in [0.5, 0.6) is 0 Å². The van der Waals surface area contributed by atoms with Gasteiger partial charge in [-0.15, -0.1) is 0 Å². The van der Waals surface area contributed by atoms with Crippen LogP contribution in [0.3, 0.4) is 0 Å². The first kappa shape index (κ1) is 18.0. The van der Waals surface area contributed by atoms with Crippen LogP contribution in [0.2, 0.25) is 0 Å². The van der Waals surface area contributed by atoms with Crippen LogP contribution < -0.4 is 5.32 Å². The zero-order chi connectivity index (χ0) is 18.6. The number of hydrogen-bond acceptors (Lipinski definition) is 4. The molecule has 9 heteroatoms. The number of carbonyl (C=O) groups excluding carboxylic acids is 1. The lowest BCUT2D eigenvalue weighted by molar-refractivity contribution is -0.384. The zero-order valence-corrected chi connectivity index (χ0v) is 12.6. The summed E-state index contributed by atoms with van der Waals surface area (Å²) in [7, 11) is 0. The molecular weight excluding hydrogens is 338 g/mol. The topological polar surface area (TPSA) is 110 Å². The van der Waals surface area contributed by atoms with Crippen molar-refractivity contribution >= 4 is 17.6 Å². The van der Waals surface area contributed by atoms with Crippen LogP contribution in [-0.2, 0) is 11.2 Å². The van der Waals surface area contributed by atoms with E-state index in [2.05, 4.69) is 5.32 Å². The Morgan fingerprint density at radius 2 is 1.80 bits per heavy atom. The number of carboxylic acid groups (broad SMARTS) is 1. The Kier molecular flexibility index (Phi) is 5.38. The van der Waals surface area contributed by atoms with E-state index in [9.17, 15) is 33.6 Å². The summed E-state index contributed by atoms with van der Waals surface area (Å²) in [6.07, 6.45) is -0.165. The molecule has 0 aliphatic carbocycles. The third-order valence-electron chi connectivity index (χ3n) is 3.37. The fourth-order valence-corrected chi connectivity index (χ4v) is 2.10. The highest BCUT2D eigenvalue weighted by molar-refractivity contribution is 5.96. The van der Waals surface area contributed by atoms with Gasteiger partial charge in [-0.3, -0.25) is 14.9 Å². The van der Waals surface area contributed by atoms with Gasteiger partial charge in [-0.05, 0) is 17.7 Å². The molecular formula is C16H12F2N2O5. The average molecular weight is 350 g/mol. The van der Waals surface area contributed by atoms with Gasteiger partial charge in [0.05, 0.1) is 10.5 Å². The van der Waals surface area contributed by atoms with Gasteiger partial charge in [0, 0.05) is 24.6 Å². The Labute approximate surface area is 140 Å². The van der Waals surface area contributed by atoms with Crippen LogP contribution in [0.15, 0.2) is 42.5 Å². The van der Waals surface area contributed by atoms with Crippen LogP contribution in [0, 0.1) is 21.7 Å². The molecule has 1 amide bonds. The fraction of sp³-hybridized carbons (Fsp3) is 0.125. The van der Waals surface area contributed by atoms with Crippen molar-refractivity contribution in [2.75, 3.05) is 0 Å². The third-order valence-corrected chi connectivity index (χ3v) is 3.37. The molecule has 0 aromatic heterocycles. The lowest BCUT2D eigenvalue weighted by Crippen LogP contribution is -2.42. The van der Waals surface area contributed by atoms with Crippen LogP contribution in [0.1, 0.15) is 15.9 Å². The van der Waals surface area contributed by atoms with Gasteiger partial charge < -0.3 is 10.4 Å². The second kappa shape index (κ2) is 7.47. The highest BCUT2D eigenvalue weighted by Crippen LogP contribution is 2.14. The van der Waals surface area contributed by atoms with E-state index < -0.39 is 40.0 Å². The van der Waals surface area contributed by atoms with Crippen LogP contribution in [0.25, 0.3) is 0 Å². The predicted molar refractivity (Wildman–Crippen MR) is 82.0 cm³/mol. The number of aliphatic carboxylic acids is 1. The molecule has 0 bridgehead atoms. The second-order valence-electron chi connectivity index (χ2n) is 5.12. The van der Waals surface area contributed by atoms with E-state index in [0.717, 1.165) is 12.1 Å². The van der Waals surface area contributed by atoms with Crippen LogP contribution >= 0.6 is 0 Å². The fourth-order valence-electron chi connectivity index (χ4n) is 2.10. The molecule has 0 aliphatic heterocycles. The number of nitro benzene ring substituents is 1. The zero-order valence-electron chi connectivity index (χ0n) is 12.6. The van der Waals surface area contributed by atoms with Crippen molar-refractivity contribution in [2.24, 2.45) is 0 Å². The van der Waals surface area contributed by atoms with E-state index in [1.54, 1.807) is 0 Å². The smallest absolute Gasteiger partial charge is 0.326 e. The summed E-state index contributed by atoms with van der Waals surface area (Å²) < 4.78 is 26.5. The predicted octanol–water partition coefficient (Wildman–Crippen LogP) is 2.30. The Balaban J connectivity index is 2.14. The van der Waals surface area contributed by atoms with Gasteiger partial charge >= 0.3 is 5.97 Å². The summed E-state index contributed by atoms with van der Waals surface area (Å²) in [5.74, 6) is -4.35. The SMILES string of the molecule is O=C(N[C@@H](Cc1ccc([N+](=O)[O-])cc1)C(=O)O)c1ccc(F)cc1F. The molecule has 0 aliphatic rings. The number of halogens is 2. The first-order chi connectivity index (χ1) is 11.8. The van der Waals surface area contributed by atoms with E-state index in [-0.39, 0.29) is 12.1 Å². The highest BCUT2D eigenvalue weighted by Gasteiger charge is 2.23. The molecule has 0 radical (unpaired) electrons. The number of benzene rings is 2. The Bertz CT molecular complexity index is 824. The number of amides is 1. The maximum atomic E-state index is 13.6. The number of hydrogen-bond donors (Lipinski definition) is 2. The first-order valence-electron chi connectivity index (χ1n) is 7.00. The van der Waals surface area contributed by atoms with E-state index in [1.807, 2.05) is 0 Å². The lowest BCUT2D eigenvalue weighted by Gasteiger charge is -2.15. The first-order valence-corrected chi connectivity index (χ1v) is 7.00.